The van der Waals surface area contributed by atoms with Gasteiger partial charge in [0.15, 0.2) is 0 Å². The lowest BCUT2D eigenvalue weighted by Crippen LogP contribution is -2.59. The number of nitrogens with zero attached hydrogens (tertiary/aromatic N) is 1. The molecule has 1 rings (SSSR count). The van der Waals surface area contributed by atoms with Gasteiger partial charge < -0.3 is 9.47 Å². The Bertz CT molecular complexity index is 221. The van der Waals surface area contributed by atoms with Gasteiger partial charge in [0.05, 0.1) is 11.7 Å². The first-order valence-electron chi connectivity index (χ1n) is 6.69. The third-order valence-electron chi connectivity index (χ3n) is 2.97. The summed E-state index contributed by atoms with van der Waals surface area (Å²) in [5.41, 5.74) is 0.259. The van der Waals surface area contributed by atoms with E-state index in [1.165, 1.54) is 0 Å². The largest absolute Gasteiger partial charge is 0.376 e. The van der Waals surface area contributed by atoms with Crippen LogP contribution in [0.3, 0.4) is 0 Å². The predicted molar refractivity (Wildman–Crippen MR) is 71.4 cm³/mol. The summed E-state index contributed by atoms with van der Waals surface area (Å²) in [7, 11) is 0. The van der Waals surface area contributed by atoms with E-state index in [0.29, 0.717) is 6.10 Å². The molecule has 3 heteroatoms. The number of hydrogen-bond acceptors (Lipinski definition) is 3. The van der Waals surface area contributed by atoms with E-state index in [0.717, 1.165) is 32.7 Å². The maximum atomic E-state index is 5.80. The molecule has 1 saturated heterocycles. The molecule has 1 heterocycles. The van der Waals surface area contributed by atoms with Crippen molar-refractivity contribution in [3.8, 4) is 0 Å². The van der Waals surface area contributed by atoms with Crippen LogP contribution in [0.2, 0.25) is 0 Å². The minimum Gasteiger partial charge on any atom is -0.376 e. The van der Waals surface area contributed by atoms with Gasteiger partial charge in [-0.3, -0.25) is 4.90 Å². The fourth-order valence-corrected chi connectivity index (χ4v) is 1.78. The second-order valence-electron chi connectivity index (χ2n) is 6.88. The normalized spacial score (nSPS) is 19.4. The van der Waals surface area contributed by atoms with Crippen molar-refractivity contribution in [3.63, 3.8) is 0 Å². The van der Waals surface area contributed by atoms with E-state index in [1.807, 2.05) is 0 Å². The zero-order valence-corrected chi connectivity index (χ0v) is 12.4. The maximum Gasteiger partial charge on any atom is 0.0829 e. The van der Waals surface area contributed by atoms with Gasteiger partial charge in [0.1, 0.15) is 0 Å². The third kappa shape index (κ3) is 5.84. The first-order chi connectivity index (χ1) is 7.68. The van der Waals surface area contributed by atoms with Crippen LogP contribution in [-0.4, -0.2) is 48.4 Å². The van der Waals surface area contributed by atoms with E-state index >= 15 is 0 Å². The van der Waals surface area contributed by atoms with Gasteiger partial charge in [-0.15, -0.1) is 0 Å². The van der Waals surface area contributed by atoms with Gasteiger partial charge >= 0.3 is 0 Å². The topological polar surface area (TPSA) is 21.7 Å². The first kappa shape index (κ1) is 14.9. The molecule has 1 fully saturated rings. The van der Waals surface area contributed by atoms with E-state index in [9.17, 15) is 0 Å². The number of ether oxygens (including phenoxy) is 2. The smallest absolute Gasteiger partial charge is 0.0829 e. The third-order valence-corrected chi connectivity index (χ3v) is 2.97. The van der Waals surface area contributed by atoms with Crippen molar-refractivity contribution < 1.29 is 9.47 Å². The van der Waals surface area contributed by atoms with Gasteiger partial charge in [0, 0.05) is 31.8 Å². The van der Waals surface area contributed by atoms with Gasteiger partial charge in [0.25, 0.3) is 0 Å². The molecule has 0 atom stereocenters. The lowest BCUT2D eigenvalue weighted by atomic mass is 9.99. The monoisotopic (exact) mass is 243 g/mol. The number of hydrogen-bond donors (Lipinski definition) is 0. The van der Waals surface area contributed by atoms with Crippen LogP contribution >= 0.6 is 0 Å². The van der Waals surface area contributed by atoms with Gasteiger partial charge in [-0.2, -0.15) is 0 Å². The summed E-state index contributed by atoms with van der Waals surface area (Å²) in [6.07, 6.45) is 1.42. The van der Waals surface area contributed by atoms with Crippen LogP contribution in [0.4, 0.5) is 0 Å². The Morgan fingerprint density at radius 3 is 2.06 bits per heavy atom. The van der Waals surface area contributed by atoms with Crippen molar-refractivity contribution in [2.45, 2.75) is 65.2 Å². The first-order valence-corrected chi connectivity index (χ1v) is 6.69. The lowest BCUT2D eigenvalue weighted by molar-refractivity contribution is -0.0952. The molecule has 3 nitrogen and oxygen atoms in total. The molecule has 0 saturated carbocycles. The highest BCUT2D eigenvalue weighted by Crippen LogP contribution is 2.22. The Kier molecular flexibility index (Phi) is 4.99. The lowest BCUT2D eigenvalue weighted by Gasteiger charge is -2.47. The molecule has 0 N–H and O–H groups in total. The summed E-state index contributed by atoms with van der Waals surface area (Å²) in [6.45, 7) is 16.8. The van der Waals surface area contributed by atoms with Crippen molar-refractivity contribution in [2.75, 3.05) is 26.3 Å². The van der Waals surface area contributed by atoms with Crippen molar-refractivity contribution in [1.82, 2.24) is 4.90 Å². The van der Waals surface area contributed by atoms with Crippen LogP contribution < -0.4 is 0 Å². The molecule has 0 radical (unpaired) electrons. The summed E-state index contributed by atoms with van der Waals surface area (Å²) in [5.74, 6) is 0. The highest BCUT2D eigenvalue weighted by Gasteiger charge is 2.34. The molecule has 1 aliphatic heterocycles. The van der Waals surface area contributed by atoms with E-state index < -0.39 is 0 Å². The van der Waals surface area contributed by atoms with Gasteiger partial charge in [-0.05, 0) is 48.0 Å². The molecule has 0 aromatic rings. The van der Waals surface area contributed by atoms with Crippen LogP contribution in [0.1, 0.15) is 48.0 Å². The summed E-state index contributed by atoms with van der Waals surface area (Å²) in [4.78, 5) is 2.45. The fraction of sp³-hybridized carbons (Fsp3) is 1.00. The van der Waals surface area contributed by atoms with Crippen LogP contribution in [-0.2, 0) is 9.47 Å². The van der Waals surface area contributed by atoms with E-state index in [-0.39, 0.29) is 11.1 Å². The minimum atomic E-state index is -0.0283. The molecular formula is C14H29NO2. The van der Waals surface area contributed by atoms with Gasteiger partial charge in [-0.25, -0.2) is 0 Å². The van der Waals surface area contributed by atoms with Crippen LogP contribution in [0.5, 0.6) is 0 Å². The zero-order valence-electron chi connectivity index (χ0n) is 12.4. The van der Waals surface area contributed by atoms with Crippen LogP contribution in [0.25, 0.3) is 0 Å². The quantitative estimate of drug-likeness (QED) is 0.693. The van der Waals surface area contributed by atoms with E-state index in [4.69, 9.17) is 9.47 Å². The maximum absolute atomic E-state index is 5.80. The zero-order chi connectivity index (χ0) is 13.1. The minimum absolute atomic E-state index is 0.0283. The predicted octanol–water partition coefficient (Wildman–Crippen LogP) is 2.69. The molecule has 0 spiro atoms. The average Bonchev–Trinajstić information content (AvgIpc) is 2.02. The van der Waals surface area contributed by atoms with Crippen molar-refractivity contribution in [2.24, 2.45) is 0 Å². The number of rotatable bonds is 5. The molecule has 0 bridgehead atoms. The summed E-state index contributed by atoms with van der Waals surface area (Å²) < 4.78 is 11.4. The second-order valence-corrected chi connectivity index (χ2v) is 6.88. The van der Waals surface area contributed by atoms with Gasteiger partial charge in [0.2, 0.25) is 0 Å². The van der Waals surface area contributed by atoms with E-state index in [2.05, 4.69) is 46.4 Å². The fourth-order valence-electron chi connectivity index (χ4n) is 1.78. The highest BCUT2D eigenvalue weighted by molar-refractivity contribution is 4.89. The summed E-state index contributed by atoms with van der Waals surface area (Å²) in [6, 6.07) is 0. The molecule has 0 aliphatic carbocycles. The Balaban J connectivity index is 1.97. The Morgan fingerprint density at radius 2 is 1.59 bits per heavy atom. The van der Waals surface area contributed by atoms with Crippen LogP contribution in [0, 0.1) is 0 Å². The standard InChI is InChI=1S/C14H29NO2/c1-13(2,3)15-10-12(11-15)16-8-7-9-17-14(4,5)6/h12H,7-11H2,1-6H3. The molecule has 0 aromatic carbocycles. The molecule has 0 amide bonds. The highest BCUT2D eigenvalue weighted by atomic mass is 16.5. The summed E-state index contributed by atoms with van der Waals surface area (Å²) in [5, 5.41) is 0. The molecule has 17 heavy (non-hydrogen) atoms. The molecule has 1 aliphatic rings. The van der Waals surface area contributed by atoms with E-state index in [1.54, 1.807) is 0 Å². The Morgan fingerprint density at radius 1 is 1.00 bits per heavy atom. The molecular weight excluding hydrogens is 214 g/mol. The van der Waals surface area contributed by atoms with Crippen molar-refractivity contribution in [3.05, 3.63) is 0 Å². The Labute approximate surface area is 106 Å². The molecule has 102 valence electrons. The summed E-state index contributed by atoms with van der Waals surface area (Å²) >= 11 is 0. The number of likely N-dealkylation sites (tertiary alicyclic amines) is 1. The molecule has 0 aromatic heterocycles. The SMILES string of the molecule is CC(C)(C)OCCCOC1CN(C(C)(C)C)C1. The van der Waals surface area contributed by atoms with Crippen molar-refractivity contribution >= 4 is 0 Å². The second kappa shape index (κ2) is 5.68. The van der Waals surface area contributed by atoms with Gasteiger partial charge in [-0.1, -0.05) is 0 Å². The molecule has 0 unspecified atom stereocenters. The average molecular weight is 243 g/mol. The van der Waals surface area contributed by atoms with Crippen LogP contribution in [0.15, 0.2) is 0 Å². The Hall–Kier alpha value is -0.120. The van der Waals surface area contributed by atoms with Crippen molar-refractivity contribution in [1.29, 1.82) is 0 Å².